The summed E-state index contributed by atoms with van der Waals surface area (Å²) in [6.07, 6.45) is 0. The highest BCUT2D eigenvalue weighted by Crippen LogP contribution is 2.31. The van der Waals surface area contributed by atoms with E-state index in [-0.39, 0.29) is 10.6 Å². The number of anilines is 1. The summed E-state index contributed by atoms with van der Waals surface area (Å²) in [6, 6.07) is 6.28. The largest absolute Gasteiger partial charge is 0.399 e. The molecule has 0 aliphatic heterocycles. The van der Waals surface area contributed by atoms with Gasteiger partial charge in [-0.2, -0.15) is 0 Å². The van der Waals surface area contributed by atoms with Crippen LogP contribution in [-0.4, -0.2) is 0 Å². The molecule has 0 saturated heterocycles. The van der Waals surface area contributed by atoms with Crippen molar-refractivity contribution >= 4 is 17.3 Å². The van der Waals surface area contributed by atoms with Crippen LogP contribution >= 0.6 is 11.6 Å². The molecular weight excluding hydrogens is 251 g/mol. The van der Waals surface area contributed by atoms with Crippen molar-refractivity contribution in [2.45, 2.75) is 0 Å². The molecule has 2 aromatic carbocycles. The first-order chi connectivity index (χ1) is 7.99. The molecule has 2 N–H and O–H groups in total. The van der Waals surface area contributed by atoms with Crippen molar-refractivity contribution in [2.24, 2.45) is 0 Å². The number of hydrogen-bond donors (Lipinski definition) is 1. The zero-order valence-electron chi connectivity index (χ0n) is 8.48. The van der Waals surface area contributed by atoms with E-state index in [1.165, 1.54) is 12.1 Å². The Morgan fingerprint density at radius 1 is 0.941 bits per heavy atom. The molecule has 2 aromatic rings. The van der Waals surface area contributed by atoms with Gasteiger partial charge in [-0.3, -0.25) is 0 Å². The van der Waals surface area contributed by atoms with Gasteiger partial charge in [0.25, 0.3) is 0 Å². The summed E-state index contributed by atoms with van der Waals surface area (Å²) in [5, 5.41) is 0.246. The summed E-state index contributed by atoms with van der Waals surface area (Å²) in [5.41, 5.74) is 6.48. The Morgan fingerprint density at radius 2 is 1.53 bits per heavy atom. The normalized spacial score (nSPS) is 10.6. The van der Waals surface area contributed by atoms with E-state index >= 15 is 0 Å². The predicted octanol–water partition coefficient (Wildman–Crippen LogP) is 4.01. The van der Waals surface area contributed by atoms with Gasteiger partial charge in [-0.15, -0.1) is 0 Å². The third-order valence-electron chi connectivity index (χ3n) is 2.29. The third kappa shape index (κ3) is 2.22. The molecule has 0 heterocycles. The first-order valence-corrected chi connectivity index (χ1v) is 5.07. The van der Waals surface area contributed by atoms with E-state index < -0.39 is 17.5 Å². The average molecular weight is 258 g/mol. The van der Waals surface area contributed by atoms with Crippen LogP contribution in [0.25, 0.3) is 11.1 Å². The van der Waals surface area contributed by atoms with Gasteiger partial charge in [-0.1, -0.05) is 17.7 Å². The maximum atomic E-state index is 13.1. The van der Waals surface area contributed by atoms with E-state index in [0.29, 0.717) is 11.3 Å². The molecule has 0 amide bonds. The standard InChI is InChI=1S/C12H7ClF3N/c13-9-5-7(17)1-2-8(9)6-3-10(14)12(16)11(15)4-6/h1-5H,17H2. The second-order valence-electron chi connectivity index (χ2n) is 3.49. The molecule has 1 nitrogen and oxygen atoms in total. The van der Waals surface area contributed by atoms with Gasteiger partial charge in [0.05, 0.1) is 5.02 Å². The first-order valence-electron chi connectivity index (χ1n) is 4.69. The minimum atomic E-state index is -1.50. The van der Waals surface area contributed by atoms with Crippen LogP contribution in [0.5, 0.6) is 0 Å². The van der Waals surface area contributed by atoms with Gasteiger partial charge in [0, 0.05) is 11.3 Å². The zero-order chi connectivity index (χ0) is 12.6. The minimum Gasteiger partial charge on any atom is -0.399 e. The van der Waals surface area contributed by atoms with E-state index in [1.54, 1.807) is 6.07 Å². The van der Waals surface area contributed by atoms with E-state index in [1.807, 2.05) is 0 Å². The topological polar surface area (TPSA) is 26.0 Å². The van der Waals surface area contributed by atoms with Crippen LogP contribution in [0, 0.1) is 17.5 Å². The van der Waals surface area contributed by atoms with Gasteiger partial charge in [0.2, 0.25) is 0 Å². The zero-order valence-corrected chi connectivity index (χ0v) is 9.23. The quantitative estimate of drug-likeness (QED) is 0.606. The van der Waals surface area contributed by atoms with Crippen LogP contribution in [-0.2, 0) is 0 Å². The Balaban J connectivity index is 2.61. The smallest absolute Gasteiger partial charge is 0.194 e. The third-order valence-corrected chi connectivity index (χ3v) is 2.60. The summed E-state index contributed by atoms with van der Waals surface area (Å²) in [6.45, 7) is 0. The van der Waals surface area contributed by atoms with Gasteiger partial charge >= 0.3 is 0 Å². The van der Waals surface area contributed by atoms with Crippen molar-refractivity contribution in [3.05, 3.63) is 52.8 Å². The monoisotopic (exact) mass is 257 g/mol. The summed E-state index contributed by atoms with van der Waals surface area (Å²) < 4.78 is 38.9. The van der Waals surface area contributed by atoms with Gasteiger partial charge in [-0.05, 0) is 29.8 Å². The molecule has 88 valence electrons. The van der Waals surface area contributed by atoms with E-state index in [4.69, 9.17) is 17.3 Å². The molecule has 0 aromatic heterocycles. The minimum absolute atomic E-state index is 0.159. The van der Waals surface area contributed by atoms with E-state index in [9.17, 15) is 13.2 Å². The van der Waals surface area contributed by atoms with Crippen LogP contribution in [0.4, 0.5) is 18.9 Å². The number of rotatable bonds is 1. The van der Waals surface area contributed by atoms with Gasteiger partial charge in [0.1, 0.15) is 0 Å². The maximum absolute atomic E-state index is 13.1. The van der Waals surface area contributed by atoms with E-state index in [0.717, 1.165) is 12.1 Å². The summed E-state index contributed by atoms with van der Waals surface area (Å²) in [4.78, 5) is 0. The SMILES string of the molecule is Nc1ccc(-c2cc(F)c(F)c(F)c2)c(Cl)c1. The highest BCUT2D eigenvalue weighted by molar-refractivity contribution is 6.33. The lowest BCUT2D eigenvalue weighted by Crippen LogP contribution is -1.93. The number of benzene rings is 2. The number of nitrogens with two attached hydrogens (primary N) is 1. The van der Waals surface area contributed by atoms with Crippen molar-refractivity contribution < 1.29 is 13.2 Å². The first kappa shape index (κ1) is 11.8. The molecule has 0 saturated carbocycles. The lowest BCUT2D eigenvalue weighted by atomic mass is 10.0. The van der Waals surface area contributed by atoms with Crippen molar-refractivity contribution in [3.63, 3.8) is 0 Å². The second kappa shape index (κ2) is 4.30. The molecule has 2 rings (SSSR count). The summed E-state index contributed by atoms with van der Waals surface area (Å²) in [5.74, 6) is -4.01. The number of halogens is 4. The summed E-state index contributed by atoms with van der Waals surface area (Å²) in [7, 11) is 0. The van der Waals surface area contributed by atoms with Gasteiger partial charge in [-0.25, -0.2) is 13.2 Å². The molecule has 0 unspecified atom stereocenters. The molecule has 5 heteroatoms. The summed E-state index contributed by atoms with van der Waals surface area (Å²) >= 11 is 5.89. The van der Waals surface area contributed by atoms with Crippen LogP contribution in [0.15, 0.2) is 30.3 Å². The fourth-order valence-corrected chi connectivity index (χ4v) is 1.77. The second-order valence-corrected chi connectivity index (χ2v) is 3.90. The molecular formula is C12H7ClF3N. The maximum Gasteiger partial charge on any atom is 0.194 e. The van der Waals surface area contributed by atoms with Crippen LogP contribution in [0.3, 0.4) is 0 Å². The lowest BCUT2D eigenvalue weighted by molar-refractivity contribution is 0.448. The van der Waals surface area contributed by atoms with Gasteiger partial charge in [0.15, 0.2) is 17.5 Å². The van der Waals surface area contributed by atoms with Crippen molar-refractivity contribution in [3.8, 4) is 11.1 Å². The van der Waals surface area contributed by atoms with Crippen LogP contribution in [0.1, 0.15) is 0 Å². The van der Waals surface area contributed by atoms with Crippen molar-refractivity contribution in [2.75, 3.05) is 5.73 Å². The Bertz CT molecular complexity index is 561. The fraction of sp³-hybridized carbons (Fsp3) is 0. The Kier molecular flexibility index (Phi) is 2.98. The molecule has 17 heavy (non-hydrogen) atoms. The molecule has 0 radical (unpaired) electrons. The number of nitrogen functional groups attached to an aromatic ring is 1. The van der Waals surface area contributed by atoms with Crippen LogP contribution < -0.4 is 5.73 Å². The van der Waals surface area contributed by atoms with Gasteiger partial charge < -0.3 is 5.73 Å². The average Bonchev–Trinajstić information content (AvgIpc) is 2.25. The molecule has 0 aliphatic carbocycles. The Hall–Kier alpha value is -1.68. The molecule has 0 bridgehead atoms. The molecule has 0 atom stereocenters. The highest BCUT2D eigenvalue weighted by Gasteiger charge is 2.13. The van der Waals surface area contributed by atoms with Crippen molar-refractivity contribution in [1.82, 2.24) is 0 Å². The lowest BCUT2D eigenvalue weighted by Gasteiger charge is -2.06. The van der Waals surface area contributed by atoms with Crippen LogP contribution in [0.2, 0.25) is 5.02 Å². The van der Waals surface area contributed by atoms with Crippen molar-refractivity contribution in [1.29, 1.82) is 0 Å². The predicted molar refractivity (Wildman–Crippen MR) is 61.2 cm³/mol. The number of hydrogen-bond acceptors (Lipinski definition) is 1. The highest BCUT2D eigenvalue weighted by atomic mass is 35.5. The molecule has 0 spiro atoms. The molecule has 0 aliphatic rings. The van der Waals surface area contributed by atoms with E-state index in [2.05, 4.69) is 0 Å². The Labute approximate surface area is 101 Å². The molecule has 0 fully saturated rings. The fourth-order valence-electron chi connectivity index (χ4n) is 1.48. The Morgan fingerprint density at radius 3 is 2.06 bits per heavy atom.